The highest BCUT2D eigenvalue weighted by Crippen LogP contribution is 2.29. The van der Waals surface area contributed by atoms with Crippen LogP contribution in [0.5, 0.6) is 0 Å². The first kappa shape index (κ1) is 18.8. The summed E-state index contributed by atoms with van der Waals surface area (Å²) in [6, 6.07) is 12.6. The summed E-state index contributed by atoms with van der Waals surface area (Å²) in [5.41, 5.74) is 2.44. The highest BCUT2D eigenvalue weighted by molar-refractivity contribution is 5.94. The SMILES string of the molecule is Cc1ccc(C(=O)NC2COC3C(Nc4nccc(-c5ccco5)n4)COC23)cc1. The Hall–Kier alpha value is -3.23. The van der Waals surface area contributed by atoms with Crippen molar-refractivity contribution in [2.75, 3.05) is 18.5 Å². The van der Waals surface area contributed by atoms with Crippen molar-refractivity contribution >= 4 is 11.9 Å². The molecule has 0 saturated carbocycles. The van der Waals surface area contributed by atoms with Gasteiger partial charge >= 0.3 is 0 Å². The van der Waals surface area contributed by atoms with Gasteiger partial charge in [0.1, 0.15) is 17.9 Å². The Kier molecular flexibility index (Phi) is 4.94. The Morgan fingerprint density at radius 3 is 2.57 bits per heavy atom. The van der Waals surface area contributed by atoms with E-state index in [9.17, 15) is 4.79 Å². The maximum atomic E-state index is 12.6. The molecule has 1 aromatic carbocycles. The normalized spacial score (nSPS) is 25.1. The van der Waals surface area contributed by atoms with Crippen molar-refractivity contribution in [3.8, 4) is 11.5 Å². The quantitative estimate of drug-likeness (QED) is 0.671. The predicted molar refractivity (Wildman–Crippen MR) is 109 cm³/mol. The van der Waals surface area contributed by atoms with E-state index in [-0.39, 0.29) is 30.2 Å². The third-order valence-electron chi connectivity index (χ3n) is 5.43. The van der Waals surface area contributed by atoms with Gasteiger partial charge in [-0.25, -0.2) is 9.97 Å². The summed E-state index contributed by atoms with van der Waals surface area (Å²) in [6.45, 7) is 2.84. The van der Waals surface area contributed by atoms with E-state index in [1.807, 2.05) is 43.3 Å². The number of hydrogen-bond donors (Lipinski definition) is 2. The van der Waals surface area contributed by atoms with E-state index in [1.165, 1.54) is 0 Å². The van der Waals surface area contributed by atoms with Gasteiger partial charge in [0.05, 0.1) is 31.6 Å². The van der Waals surface area contributed by atoms with E-state index in [0.29, 0.717) is 36.2 Å². The second-order valence-corrected chi connectivity index (χ2v) is 7.54. The van der Waals surface area contributed by atoms with E-state index >= 15 is 0 Å². The van der Waals surface area contributed by atoms with Crippen LogP contribution in [0.1, 0.15) is 15.9 Å². The zero-order valence-corrected chi connectivity index (χ0v) is 16.4. The molecule has 154 valence electrons. The zero-order valence-electron chi connectivity index (χ0n) is 16.4. The number of aryl methyl sites for hydroxylation is 1. The molecule has 2 aromatic heterocycles. The molecule has 2 N–H and O–H groups in total. The predicted octanol–water partition coefficient (Wildman–Crippen LogP) is 2.42. The van der Waals surface area contributed by atoms with Gasteiger partial charge < -0.3 is 24.5 Å². The molecule has 8 nitrogen and oxygen atoms in total. The molecule has 2 saturated heterocycles. The van der Waals surface area contributed by atoms with Crippen molar-refractivity contribution in [2.45, 2.75) is 31.2 Å². The molecule has 4 unspecified atom stereocenters. The Bertz CT molecular complexity index is 1020. The van der Waals surface area contributed by atoms with Gasteiger partial charge in [-0.3, -0.25) is 4.79 Å². The lowest BCUT2D eigenvalue weighted by Crippen LogP contribution is -2.44. The maximum Gasteiger partial charge on any atom is 0.251 e. The topological polar surface area (TPSA) is 98.5 Å². The van der Waals surface area contributed by atoms with E-state index < -0.39 is 0 Å². The van der Waals surface area contributed by atoms with Crippen molar-refractivity contribution < 1.29 is 18.7 Å². The molecule has 2 fully saturated rings. The molecule has 1 amide bonds. The third-order valence-corrected chi connectivity index (χ3v) is 5.43. The van der Waals surface area contributed by atoms with E-state index in [4.69, 9.17) is 13.9 Å². The molecule has 0 aliphatic carbocycles. The van der Waals surface area contributed by atoms with Crippen molar-refractivity contribution in [2.24, 2.45) is 0 Å². The number of aromatic nitrogens is 2. The minimum atomic E-state index is -0.217. The van der Waals surface area contributed by atoms with Crippen LogP contribution in [-0.4, -0.2) is 53.4 Å². The van der Waals surface area contributed by atoms with Crippen LogP contribution >= 0.6 is 0 Å². The van der Waals surface area contributed by atoms with Crippen LogP contribution in [0.2, 0.25) is 0 Å². The molecule has 0 radical (unpaired) electrons. The van der Waals surface area contributed by atoms with Gasteiger partial charge in [-0.2, -0.15) is 0 Å². The number of amides is 1. The highest BCUT2D eigenvalue weighted by atomic mass is 16.6. The smallest absolute Gasteiger partial charge is 0.251 e. The van der Waals surface area contributed by atoms with Crippen LogP contribution in [0.3, 0.4) is 0 Å². The van der Waals surface area contributed by atoms with Crippen molar-refractivity contribution in [3.05, 3.63) is 66.1 Å². The van der Waals surface area contributed by atoms with Crippen LogP contribution < -0.4 is 10.6 Å². The summed E-state index contributed by atoms with van der Waals surface area (Å²) in [4.78, 5) is 21.4. The Labute approximate surface area is 173 Å². The van der Waals surface area contributed by atoms with E-state index in [2.05, 4.69) is 20.6 Å². The van der Waals surface area contributed by atoms with Gasteiger partial charge in [-0.15, -0.1) is 0 Å². The first-order chi connectivity index (χ1) is 14.7. The molecule has 3 aromatic rings. The number of benzene rings is 1. The Balaban J connectivity index is 1.23. The van der Waals surface area contributed by atoms with Gasteiger partial charge in [0.15, 0.2) is 5.76 Å². The number of furan rings is 1. The summed E-state index contributed by atoms with van der Waals surface area (Å²) in [5, 5.41) is 6.34. The second-order valence-electron chi connectivity index (χ2n) is 7.54. The summed E-state index contributed by atoms with van der Waals surface area (Å²) < 4.78 is 17.3. The van der Waals surface area contributed by atoms with Gasteiger partial charge in [0.25, 0.3) is 5.91 Å². The number of hydrogen-bond acceptors (Lipinski definition) is 7. The Morgan fingerprint density at radius 2 is 1.80 bits per heavy atom. The third kappa shape index (κ3) is 3.67. The van der Waals surface area contributed by atoms with Crippen LogP contribution in [0.25, 0.3) is 11.5 Å². The van der Waals surface area contributed by atoms with Crippen molar-refractivity contribution in [3.63, 3.8) is 0 Å². The van der Waals surface area contributed by atoms with Crippen LogP contribution in [0.15, 0.2) is 59.3 Å². The molecular weight excluding hydrogens is 384 g/mol. The lowest BCUT2D eigenvalue weighted by Gasteiger charge is -2.18. The largest absolute Gasteiger partial charge is 0.463 e. The van der Waals surface area contributed by atoms with Crippen molar-refractivity contribution in [1.29, 1.82) is 0 Å². The minimum Gasteiger partial charge on any atom is -0.463 e. The molecule has 8 heteroatoms. The lowest BCUT2D eigenvalue weighted by molar-refractivity contribution is 0.0652. The van der Waals surface area contributed by atoms with Crippen LogP contribution in [0.4, 0.5) is 5.95 Å². The summed E-state index contributed by atoms with van der Waals surface area (Å²) >= 11 is 0. The molecule has 30 heavy (non-hydrogen) atoms. The van der Waals surface area contributed by atoms with Gasteiger partial charge in [0, 0.05) is 11.8 Å². The number of anilines is 1. The molecular formula is C22H22N4O4. The van der Waals surface area contributed by atoms with Crippen LogP contribution in [-0.2, 0) is 9.47 Å². The number of ether oxygens (including phenoxy) is 2. The molecule has 4 heterocycles. The van der Waals surface area contributed by atoms with Gasteiger partial charge in [-0.1, -0.05) is 17.7 Å². The van der Waals surface area contributed by atoms with E-state index in [1.54, 1.807) is 18.5 Å². The first-order valence-corrected chi connectivity index (χ1v) is 9.91. The maximum absolute atomic E-state index is 12.6. The average molecular weight is 406 g/mol. The molecule has 0 spiro atoms. The average Bonchev–Trinajstić information content (AvgIpc) is 3.49. The Morgan fingerprint density at radius 1 is 1.03 bits per heavy atom. The fourth-order valence-corrected chi connectivity index (χ4v) is 3.86. The highest BCUT2D eigenvalue weighted by Gasteiger charge is 2.48. The minimum absolute atomic E-state index is 0.108. The zero-order chi connectivity index (χ0) is 20.5. The summed E-state index contributed by atoms with van der Waals surface area (Å²) in [7, 11) is 0. The van der Waals surface area contributed by atoms with Gasteiger partial charge in [-0.05, 0) is 37.3 Å². The number of carbonyl (C=O) groups excluding carboxylic acids is 1. The monoisotopic (exact) mass is 406 g/mol. The molecule has 2 aliphatic heterocycles. The van der Waals surface area contributed by atoms with E-state index in [0.717, 1.165) is 5.56 Å². The fraction of sp³-hybridized carbons (Fsp3) is 0.318. The number of fused-ring (bicyclic) bond motifs is 1. The van der Waals surface area contributed by atoms with Crippen molar-refractivity contribution in [1.82, 2.24) is 15.3 Å². The summed E-state index contributed by atoms with van der Waals surface area (Å²) in [6.07, 6.45) is 2.88. The lowest BCUT2D eigenvalue weighted by atomic mass is 10.1. The summed E-state index contributed by atoms with van der Waals surface area (Å²) in [5.74, 6) is 1.03. The number of nitrogens with one attached hydrogen (secondary N) is 2. The standard InChI is InChI=1S/C22H22N4O4/c1-13-4-6-14(7-5-13)21(27)24-16-11-29-20-17(12-30-19(16)20)26-22-23-9-8-15(25-22)18-3-2-10-28-18/h2-10,16-17,19-20H,11-12H2,1H3,(H,24,27)(H,23,25,26). The first-order valence-electron chi connectivity index (χ1n) is 9.91. The van der Waals surface area contributed by atoms with Gasteiger partial charge in [0.2, 0.25) is 5.95 Å². The number of nitrogens with zero attached hydrogens (tertiary/aromatic N) is 2. The molecule has 2 aliphatic rings. The number of carbonyl (C=O) groups is 1. The second kappa shape index (κ2) is 7.89. The fourth-order valence-electron chi connectivity index (χ4n) is 3.86. The molecule has 4 atom stereocenters. The van der Waals surface area contributed by atoms with Crippen LogP contribution in [0, 0.1) is 6.92 Å². The molecule has 5 rings (SSSR count). The molecule has 0 bridgehead atoms. The number of rotatable bonds is 5.